The van der Waals surface area contributed by atoms with Gasteiger partial charge in [0.25, 0.3) is 5.69 Å². The molecule has 9 nitrogen and oxygen atoms in total. The number of esters is 1. The van der Waals surface area contributed by atoms with Crippen molar-refractivity contribution in [1.29, 1.82) is 0 Å². The number of non-ortho nitro benzene ring substituents is 1. The summed E-state index contributed by atoms with van der Waals surface area (Å²) >= 11 is 7.33. The smallest absolute Gasteiger partial charge is 0.343 e. The van der Waals surface area contributed by atoms with Crippen LogP contribution in [-0.4, -0.2) is 29.2 Å². The van der Waals surface area contributed by atoms with E-state index < -0.39 is 10.9 Å². The highest BCUT2D eigenvalue weighted by Crippen LogP contribution is 2.29. The molecule has 0 aliphatic carbocycles. The molecule has 0 saturated carbocycles. The number of carbonyl (C=O) groups excluding carboxylic acids is 1. The van der Waals surface area contributed by atoms with Gasteiger partial charge in [0.15, 0.2) is 11.5 Å². The molecular formula is C24H17ClN4O5S. The van der Waals surface area contributed by atoms with Crippen molar-refractivity contribution < 1.29 is 19.2 Å². The van der Waals surface area contributed by atoms with E-state index in [2.05, 4.69) is 15.5 Å². The van der Waals surface area contributed by atoms with Crippen LogP contribution < -0.4 is 14.9 Å². The van der Waals surface area contributed by atoms with Gasteiger partial charge in [-0.25, -0.2) is 9.78 Å². The topological polar surface area (TPSA) is 116 Å². The highest BCUT2D eigenvalue weighted by atomic mass is 35.5. The summed E-state index contributed by atoms with van der Waals surface area (Å²) in [5, 5.41) is 18.3. The van der Waals surface area contributed by atoms with Crippen LogP contribution in [0.5, 0.6) is 11.5 Å². The number of benzene rings is 3. The number of hydrogen-bond acceptors (Lipinski definition) is 9. The number of halogens is 1. The number of methoxy groups -OCH3 is 1. The molecule has 0 fully saturated rings. The Morgan fingerprint density at radius 1 is 1.14 bits per heavy atom. The van der Waals surface area contributed by atoms with E-state index >= 15 is 0 Å². The van der Waals surface area contributed by atoms with E-state index in [1.165, 1.54) is 36.6 Å². The van der Waals surface area contributed by atoms with E-state index in [4.69, 9.17) is 21.1 Å². The summed E-state index contributed by atoms with van der Waals surface area (Å²) in [4.78, 5) is 27.3. The first-order valence-corrected chi connectivity index (χ1v) is 11.3. The molecule has 0 aliphatic heterocycles. The Balaban J connectivity index is 1.42. The maximum atomic E-state index is 12.4. The van der Waals surface area contributed by atoms with E-state index in [-0.39, 0.29) is 17.0 Å². The Hall–Kier alpha value is -4.28. The molecule has 0 aliphatic rings. The van der Waals surface area contributed by atoms with Gasteiger partial charge in [0.1, 0.15) is 0 Å². The molecule has 3 aromatic carbocycles. The largest absolute Gasteiger partial charge is 0.493 e. The Morgan fingerprint density at radius 3 is 2.69 bits per heavy atom. The molecule has 0 radical (unpaired) electrons. The number of carbonyl (C=O) groups is 1. The number of nitro groups is 1. The zero-order valence-electron chi connectivity index (χ0n) is 18.2. The third-order valence-electron chi connectivity index (χ3n) is 4.70. The van der Waals surface area contributed by atoms with Gasteiger partial charge in [-0.1, -0.05) is 29.8 Å². The number of hydrogen-bond donors (Lipinski definition) is 1. The molecule has 1 N–H and O–H groups in total. The third kappa shape index (κ3) is 5.99. The van der Waals surface area contributed by atoms with Crippen LogP contribution in [0.3, 0.4) is 0 Å². The number of rotatable bonds is 8. The predicted octanol–water partition coefficient (Wildman–Crippen LogP) is 6.05. The average molecular weight is 509 g/mol. The Bertz CT molecular complexity index is 1410. The van der Waals surface area contributed by atoms with Crippen LogP contribution in [0.15, 0.2) is 77.2 Å². The molecule has 0 unspecified atom stereocenters. The van der Waals surface area contributed by atoms with Crippen molar-refractivity contribution in [2.45, 2.75) is 0 Å². The first kappa shape index (κ1) is 23.9. The lowest BCUT2D eigenvalue weighted by molar-refractivity contribution is -0.384. The molecule has 0 amide bonds. The van der Waals surface area contributed by atoms with Gasteiger partial charge in [0.2, 0.25) is 5.13 Å². The van der Waals surface area contributed by atoms with Crippen molar-refractivity contribution >= 4 is 45.9 Å². The van der Waals surface area contributed by atoms with Gasteiger partial charge in [-0.3, -0.25) is 15.5 Å². The summed E-state index contributed by atoms with van der Waals surface area (Å²) in [5.74, 6) is -0.274. The zero-order valence-corrected chi connectivity index (χ0v) is 19.7. The minimum Gasteiger partial charge on any atom is -0.493 e. The molecular weight excluding hydrogens is 492 g/mol. The lowest BCUT2D eigenvalue weighted by Gasteiger charge is -2.10. The normalized spacial score (nSPS) is 10.8. The fraction of sp³-hybridized carbons (Fsp3) is 0.0417. The van der Waals surface area contributed by atoms with Crippen LogP contribution >= 0.6 is 22.9 Å². The maximum Gasteiger partial charge on any atom is 0.343 e. The van der Waals surface area contributed by atoms with Crippen LogP contribution in [0.1, 0.15) is 15.9 Å². The van der Waals surface area contributed by atoms with Crippen LogP contribution in [0.2, 0.25) is 5.02 Å². The number of aromatic nitrogens is 1. The molecule has 0 atom stereocenters. The summed E-state index contributed by atoms with van der Waals surface area (Å²) in [6, 6.07) is 17.6. The standard InChI is InChI=1S/C24H17ClN4O5S/c1-33-22-11-15(5-10-21(22)34-23(30)17-3-2-4-19(12-17)29(31)32)13-26-28-24-27-20(14-35-24)16-6-8-18(25)9-7-16/h2-14H,1H3,(H,27,28). The Morgan fingerprint density at radius 2 is 1.94 bits per heavy atom. The fourth-order valence-corrected chi connectivity index (χ4v) is 3.79. The van der Waals surface area contributed by atoms with Crippen LogP contribution in [0.4, 0.5) is 10.8 Å². The van der Waals surface area contributed by atoms with Crippen LogP contribution in [-0.2, 0) is 0 Å². The quantitative estimate of drug-likeness (QED) is 0.101. The zero-order chi connectivity index (χ0) is 24.8. The molecule has 35 heavy (non-hydrogen) atoms. The number of nitrogens with zero attached hydrogens (tertiary/aromatic N) is 3. The SMILES string of the molecule is COc1cc(C=NNc2nc(-c3ccc(Cl)cc3)cs2)ccc1OC(=O)c1cccc([N+](=O)[O-])c1. The first-order chi connectivity index (χ1) is 16.9. The Labute approximate surface area is 208 Å². The monoisotopic (exact) mass is 508 g/mol. The number of hydrazone groups is 1. The molecule has 11 heteroatoms. The van der Waals surface area contributed by atoms with E-state index in [0.29, 0.717) is 21.5 Å². The van der Waals surface area contributed by atoms with Gasteiger partial charge in [-0.05, 0) is 42.0 Å². The summed E-state index contributed by atoms with van der Waals surface area (Å²) < 4.78 is 10.7. The summed E-state index contributed by atoms with van der Waals surface area (Å²) in [5.41, 5.74) is 5.17. The highest BCUT2D eigenvalue weighted by molar-refractivity contribution is 7.14. The number of thiazole rings is 1. The lowest BCUT2D eigenvalue weighted by atomic mass is 10.2. The lowest BCUT2D eigenvalue weighted by Crippen LogP contribution is -2.09. The fourth-order valence-electron chi connectivity index (χ4n) is 2.99. The third-order valence-corrected chi connectivity index (χ3v) is 5.70. The maximum absolute atomic E-state index is 12.4. The molecule has 4 rings (SSSR count). The van der Waals surface area contributed by atoms with Gasteiger partial charge in [-0.15, -0.1) is 11.3 Å². The van der Waals surface area contributed by atoms with E-state index in [1.807, 2.05) is 17.5 Å². The van der Waals surface area contributed by atoms with Crippen LogP contribution in [0, 0.1) is 10.1 Å². The molecule has 0 spiro atoms. The summed E-state index contributed by atoms with van der Waals surface area (Å²) in [7, 11) is 1.44. The second-order valence-corrected chi connectivity index (χ2v) is 8.32. The van der Waals surface area contributed by atoms with Gasteiger partial charge >= 0.3 is 5.97 Å². The van der Waals surface area contributed by atoms with E-state index in [0.717, 1.165) is 17.3 Å². The van der Waals surface area contributed by atoms with Crippen molar-refractivity contribution in [3.8, 4) is 22.8 Å². The van der Waals surface area contributed by atoms with Crippen LogP contribution in [0.25, 0.3) is 11.3 Å². The van der Waals surface area contributed by atoms with Crippen molar-refractivity contribution in [2.24, 2.45) is 5.10 Å². The molecule has 1 aromatic heterocycles. The molecule has 4 aromatic rings. The van der Waals surface area contributed by atoms with Crippen molar-refractivity contribution in [3.05, 3.63) is 98.4 Å². The number of nitro benzene ring substituents is 1. The summed E-state index contributed by atoms with van der Waals surface area (Å²) in [6.45, 7) is 0. The molecule has 0 bridgehead atoms. The van der Waals surface area contributed by atoms with Gasteiger partial charge in [-0.2, -0.15) is 5.10 Å². The van der Waals surface area contributed by atoms with E-state index in [1.54, 1.807) is 36.5 Å². The number of ether oxygens (including phenoxy) is 2. The van der Waals surface area contributed by atoms with Gasteiger partial charge < -0.3 is 9.47 Å². The molecule has 176 valence electrons. The van der Waals surface area contributed by atoms with Crippen molar-refractivity contribution in [2.75, 3.05) is 12.5 Å². The highest BCUT2D eigenvalue weighted by Gasteiger charge is 2.16. The van der Waals surface area contributed by atoms with Crippen molar-refractivity contribution in [1.82, 2.24) is 4.98 Å². The van der Waals surface area contributed by atoms with Gasteiger partial charge in [0.05, 0.1) is 29.5 Å². The second-order valence-electron chi connectivity index (χ2n) is 7.02. The molecule has 0 saturated heterocycles. The Kier molecular flexibility index (Phi) is 7.34. The number of nitrogens with one attached hydrogen (secondary N) is 1. The van der Waals surface area contributed by atoms with E-state index in [9.17, 15) is 14.9 Å². The minimum absolute atomic E-state index is 0.0532. The second kappa shape index (κ2) is 10.8. The number of anilines is 1. The van der Waals surface area contributed by atoms with Gasteiger partial charge in [0, 0.05) is 28.1 Å². The molecule has 1 heterocycles. The minimum atomic E-state index is -0.740. The average Bonchev–Trinajstić information content (AvgIpc) is 3.34. The summed E-state index contributed by atoms with van der Waals surface area (Å²) in [6.07, 6.45) is 1.57. The predicted molar refractivity (Wildman–Crippen MR) is 135 cm³/mol. The first-order valence-electron chi connectivity index (χ1n) is 10.1. The van der Waals surface area contributed by atoms with Crippen molar-refractivity contribution in [3.63, 3.8) is 0 Å².